The summed E-state index contributed by atoms with van der Waals surface area (Å²) in [5.74, 6) is 0. The summed E-state index contributed by atoms with van der Waals surface area (Å²) in [4.78, 5) is 0. The van der Waals surface area contributed by atoms with Gasteiger partial charge in [-0.15, -0.1) is 0 Å². The maximum absolute atomic E-state index is 4.95. The third-order valence-corrected chi connectivity index (χ3v) is 0. The maximum atomic E-state index is 4.95. The van der Waals surface area contributed by atoms with E-state index in [1.54, 1.807) is 0 Å². The summed E-state index contributed by atoms with van der Waals surface area (Å²) in [5, 5.41) is 0. The van der Waals surface area contributed by atoms with E-state index in [-0.39, 0.29) is 6.15 Å². The summed E-state index contributed by atoms with van der Waals surface area (Å²) >= 11 is -0.931. The van der Waals surface area contributed by atoms with Crippen LogP contribution in [0.25, 0.3) is 0 Å². The molecule has 1 nitrogen and oxygen atoms in total. The van der Waals surface area contributed by atoms with Crippen LogP contribution < -0.4 is 6.15 Å². The Morgan fingerprint density at radius 2 is 1.25 bits per heavy atom. The van der Waals surface area contributed by atoms with Gasteiger partial charge in [0.25, 0.3) is 0 Å². The average molecular weight is 153 g/mol. The number of hydrogen-bond acceptors (Lipinski definition) is 1. The second-order valence-corrected chi connectivity index (χ2v) is 4.72. The van der Waals surface area contributed by atoms with Crippen LogP contribution in [0.3, 0.4) is 0 Å². The molecule has 0 fully saturated rings. The van der Waals surface area contributed by atoms with Crippen molar-refractivity contribution in [1.82, 2.24) is 6.15 Å². The van der Waals surface area contributed by atoms with Crippen molar-refractivity contribution in [2.24, 2.45) is 0 Å². The van der Waals surface area contributed by atoms with Gasteiger partial charge in [-0.3, -0.25) is 0 Å². The van der Waals surface area contributed by atoms with Crippen molar-refractivity contribution < 1.29 is 15.1 Å². The monoisotopic (exact) mass is 151 g/mol. The number of rotatable bonds is 0. The second-order valence-electron chi connectivity index (χ2n) is 0.101. The van der Waals surface area contributed by atoms with Gasteiger partial charge < -0.3 is 6.15 Å². The van der Waals surface area contributed by atoms with Gasteiger partial charge in [-0.05, 0) is 0 Å². The summed E-state index contributed by atoms with van der Waals surface area (Å²) in [6, 6.07) is 0. The fraction of sp³-hybridized carbons (Fsp3) is 0. The summed E-state index contributed by atoms with van der Waals surface area (Å²) in [6.45, 7) is 0. The summed E-state index contributed by atoms with van der Waals surface area (Å²) in [5.41, 5.74) is 0. The van der Waals surface area contributed by atoms with Crippen molar-refractivity contribution in [3.05, 3.63) is 0 Å². The molecule has 0 aliphatic rings. The molecule has 0 saturated carbocycles. The Morgan fingerprint density at radius 1 is 1.25 bits per heavy atom. The molecule has 0 aromatic heterocycles. The van der Waals surface area contributed by atoms with E-state index in [0.717, 1.165) is 0 Å². The number of hydrogen-bond donors (Lipinski definition) is 1. The van der Waals surface area contributed by atoms with E-state index < -0.39 is 15.1 Å². The predicted molar refractivity (Wildman–Crippen MR) is 16.7 cm³/mol. The molecule has 0 heterocycles. The van der Waals surface area contributed by atoms with Crippen molar-refractivity contribution in [2.75, 3.05) is 0 Å². The molecule has 4 heteroatoms. The molecule has 0 atom stereocenters. The first-order chi connectivity index (χ1) is 1.41. The first-order valence-electron chi connectivity index (χ1n) is 0.535. The zero-order valence-electron chi connectivity index (χ0n) is 2.17. The number of halogens is 2. The third-order valence-electron chi connectivity index (χ3n) is 0. The van der Waals surface area contributed by atoms with Gasteiger partial charge in [0.15, 0.2) is 0 Å². The zero-order valence-corrected chi connectivity index (χ0v) is 6.65. The van der Waals surface area contributed by atoms with Crippen LogP contribution in [0.1, 0.15) is 0 Å². The molecular weight excluding hydrogens is 150 g/mol. The molecule has 24 valence electrons. The van der Waals surface area contributed by atoms with E-state index in [2.05, 4.69) is 0 Å². The molecule has 0 aliphatic heterocycles. The topological polar surface area (TPSA) is 35.0 Å². The van der Waals surface area contributed by atoms with Gasteiger partial charge in [-0.25, -0.2) is 0 Å². The summed E-state index contributed by atoms with van der Waals surface area (Å²) in [6.07, 6.45) is 0. The Hall–Kier alpha value is 1.16. The predicted octanol–water partition coefficient (Wildman–Crippen LogP) is 1.54. The second kappa shape index (κ2) is 8.90. The van der Waals surface area contributed by atoms with E-state index in [0.29, 0.717) is 0 Å². The normalized spacial score (nSPS) is 2.50. The van der Waals surface area contributed by atoms with Crippen LogP contribution in [-0.4, -0.2) is 0 Å². The van der Waals surface area contributed by atoms with Gasteiger partial charge in [0.05, 0.1) is 0 Å². The minimum absolute atomic E-state index is 0. The fourth-order valence-corrected chi connectivity index (χ4v) is 0. The van der Waals surface area contributed by atoms with Crippen molar-refractivity contribution in [3.8, 4) is 0 Å². The van der Waals surface area contributed by atoms with Crippen LogP contribution in [0, 0.1) is 0 Å². The quantitative estimate of drug-likeness (QED) is 0.526. The standard InChI is InChI=1S/2ClH.H3N.Zn/h2*1H;1H3;/q;;;+2/p-2. The van der Waals surface area contributed by atoms with Crippen LogP contribution >= 0.6 is 19.4 Å². The van der Waals surface area contributed by atoms with Gasteiger partial charge in [0.2, 0.25) is 0 Å². The van der Waals surface area contributed by atoms with Crippen LogP contribution in [0.4, 0.5) is 0 Å². The molecule has 0 amide bonds. The van der Waals surface area contributed by atoms with Crippen LogP contribution in [0.5, 0.6) is 0 Å². The van der Waals surface area contributed by atoms with Crippen molar-refractivity contribution in [3.63, 3.8) is 0 Å². The van der Waals surface area contributed by atoms with Crippen molar-refractivity contribution >= 4 is 19.4 Å². The molecule has 0 bridgehead atoms. The Kier molecular flexibility index (Phi) is 19.9. The van der Waals surface area contributed by atoms with E-state index in [9.17, 15) is 0 Å². The molecule has 0 unspecified atom stereocenters. The van der Waals surface area contributed by atoms with E-state index >= 15 is 0 Å². The molecule has 4 heavy (non-hydrogen) atoms. The van der Waals surface area contributed by atoms with Gasteiger partial charge in [0.1, 0.15) is 0 Å². The van der Waals surface area contributed by atoms with Crippen molar-refractivity contribution in [2.45, 2.75) is 0 Å². The first-order valence-corrected chi connectivity index (χ1v) is 8.33. The molecule has 0 aliphatic carbocycles. The van der Waals surface area contributed by atoms with E-state index in [1.807, 2.05) is 0 Å². The van der Waals surface area contributed by atoms with E-state index in [4.69, 9.17) is 19.4 Å². The Balaban J connectivity index is 0. The zero-order chi connectivity index (χ0) is 2.71. The molecule has 0 aromatic carbocycles. The Labute approximate surface area is 40.9 Å². The minimum atomic E-state index is -0.931. The molecule has 3 N–H and O–H groups in total. The average Bonchev–Trinajstić information content (AvgIpc) is 0.918. The van der Waals surface area contributed by atoms with Gasteiger partial charge >= 0.3 is 34.5 Å². The van der Waals surface area contributed by atoms with E-state index in [1.165, 1.54) is 0 Å². The van der Waals surface area contributed by atoms with Crippen LogP contribution in [0.2, 0.25) is 0 Å². The van der Waals surface area contributed by atoms with Crippen molar-refractivity contribution in [1.29, 1.82) is 0 Å². The third kappa shape index (κ3) is 10.9. The Bertz CT molecular complexity index is 6.00. The van der Waals surface area contributed by atoms with Crippen LogP contribution in [-0.2, 0) is 15.1 Å². The molecular formula is H3Cl2NZn. The summed E-state index contributed by atoms with van der Waals surface area (Å²) < 4.78 is 0. The van der Waals surface area contributed by atoms with Gasteiger partial charge in [-0.2, -0.15) is 0 Å². The molecule has 0 rings (SSSR count). The molecule has 0 spiro atoms. The van der Waals surface area contributed by atoms with Crippen LogP contribution in [0.15, 0.2) is 0 Å². The SMILES string of the molecule is N.[Cl][Zn][Cl]. The molecule has 0 radical (unpaired) electrons. The molecule has 0 aromatic rings. The Morgan fingerprint density at radius 3 is 1.25 bits per heavy atom. The fourth-order valence-electron chi connectivity index (χ4n) is 0. The van der Waals surface area contributed by atoms with Gasteiger partial charge in [0, 0.05) is 0 Å². The summed E-state index contributed by atoms with van der Waals surface area (Å²) in [7, 11) is 9.90. The molecule has 0 saturated heterocycles. The first kappa shape index (κ1) is 8.94. The van der Waals surface area contributed by atoms with Gasteiger partial charge in [-0.1, -0.05) is 0 Å².